The van der Waals surface area contributed by atoms with Crippen LogP contribution in [-0.2, 0) is 4.74 Å². The molecule has 2 aliphatic heterocycles. The number of hydrogen-bond acceptors (Lipinski definition) is 5. The van der Waals surface area contributed by atoms with Gasteiger partial charge in [-0.1, -0.05) is 0 Å². The summed E-state index contributed by atoms with van der Waals surface area (Å²) in [5, 5.41) is 10.2. The summed E-state index contributed by atoms with van der Waals surface area (Å²) in [4.78, 5) is 1.35. The third kappa shape index (κ3) is 3.82. The van der Waals surface area contributed by atoms with Crippen LogP contribution in [0.4, 0.5) is 0 Å². The number of benzene rings is 1. The van der Waals surface area contributed by atoms with E-state index in [1.165, 1.54) is 4.90 Å². The highest BCUT2D eigenvalue weighted by Gasteiger charge is 2.27. The lowest BCUT2D eigenvalue weighted by Gasteiger charge is -2.33. The number of aliphatic hydroxyl groups excluding tert-OH is 1. The van der Waals surface area contributed by atoms with Crippen LogP contribution in [0, 0.1) is 0 Å². The second-order valence-corrected chi connectivity index (χ2v) is 6.10. The first-order valence-electron chi connectivity index (χ1n) is 7.79. The van der Waals surface area contributed by atoms with Gasteiger partial charge in [0.2, 0.25) is 6.79 Å². The zero-order chi connectivity index (χ0) is 15.5. The maximum absolute atomic E-state index is 10.2. The number of fused-ring (bicyclic) bond motifs is 1. The Bertz CT molecular complexity index is 499. The van der Waals surface area contributed by atoms with Crippen LogP contribution < -0.4 is 19.1 Å². The van der Waals surface area contributed by atoms with Crippen molar-refractivity contribution in [2.75, 3.05) is 33.0 Å². The fourth-order valence-electron chi connectivity index (χ4n) is 3.11. The van der Waals surface area contributed by atoms with E-state index in [0.717, 1.165) is 18.8 Å². The van der Waals surface area contributed by atoms with E-state index >= 15 is 0 Å². The van der Waals surface area contributed by atoms with Crippen molar-refractivity contribution in [2.45, 2.75) is 32.2 Å². The Morgan fingerprint density at radius 2 is 1.95 bits per heavy atom. The number of aliphatic hydroxyl groups is 1. The van der Waals surface area contributed by atoms with E-state index in [1.807, 2.05) is 12.1 Å². The van der Waals surface area contributed by atoms with Crippen LogP contribution in [0.5, 0.6) is 17.2 Å². The van der Waals surface area contributed by atoms with E-state index in [2.05, 4.69) is 13.8 Å². The van der Waals surface area contributed by atoms with Crippen molar-refractivity contribution >= 4 is 0 Å². The third-order valence-electron chi connectivity index (χ3n) is 3.93. The predicted octanol–water partition coefficient (Wildman–Crippen LogP) is -0.153. The summed E-state index contributed by atoms with van der Waals surface area (Å²) in [5.74, 6) is 2.10. The van der Waals surface area contributed by atoms with E-state index in [4.69, 9.17) is 18.9 Å². The number of ether oxygens (including phenoxy) is 4. The summed E-state index contributed by atoms with van der Waals surface area (Å²) in [7, 11) is 0. The van der Waals surface area contributed by atoms with Crippen LogP contribution in [0.25, 0.3) is 0 Å². The van der Waals surface area contributed by atoms with Gasteiger partial charge in [0.05, 0.1) is 0 Å². The molecule has 0 amide bonds. The Labute approximate surface area is 130 Å². The van der Waals surface area contributed by atoms with Gasteiger partial charge in [0.15, 0.2) is 11.5 Å². The van der Waals surface area contributed by atoms with Crippen LogP contribution in [0.15, 0.2) is 18.2 Å². The molecule has 2 heterocycles. The fourth-order valence-corrected chi connectivity index (χ4v) is 3.11. The molecule has 2 aliphatic rings. The van der Waals surface area contributed by atoms with E-state index in [0.29, 0.717) is 18.0 Å². The van der Waals surface area contributed by atoms with Gasteiger partial charge in [-0.3, -0.25) is 0 Å². The molecule has 0 aromatic heterocycles. The monoisotopic (exact) mass is 310 g/mol. The van der Waals surface area contributed by atoms with Gasteiger partial charge in [0.25, 0.3) is 0 Å². The quantitative estimate of drug-likeness (QED) is 0.792. The van der Waals surface area contributed by atoms with Crippen molar-refractivity contribution in [2.24, 2.45) is 0 Å². The number of nitrogens with one attached hydrogen (secondary N) is 1. The van der Waals surface area contributed by atoms with Gasteiger partial charge in [-0.2, -0.15) is 0 Å². The van der Waals surface area contributed by atoms with Crippen molar-refractivity contribution in [3.8, 4) is 17.2 Å². The topological polar surface area (TPSA) is 61.6 Å². The Balaban J connectivity index is 1.47. The van der Waals surface area contributed by atoms with Crippen molar-refractivity contribution in [3.05, 3.63) is 18.2 Å². The molecular weight excluding hydrogens is 286 g/mol. The van der Waals surface area contributed by atoms with Crippen LogP contribution in [0.1, 0.15) is 13.8 Å². The number of morpholine rings is 1. The molecule has 3 rings (SSSR count). The van der Waals surface area contributed by atoms with Gasteiger partial charge in [0.1, 0.15) is 50.3 Å². The molecule has 2 N–H and O–H groups in total. The molecule has 1 saturated heterocycles. The van der Waals surface area contributed by atoms with E-state index < -0.39 is 6.10 Å². The summed E-state index contributed by atoms with van der Waals surface area (Å²) in [5.41, 5.74) is 0. The van der Waals surface area contributed by atoms with E-state index in [9.17, 15) is 5.11 Å². The fraction of sp³-hybridized carbons (Fsp3) is 0.625. The second-order valence-electron chi connectivity index (χ2n) is 6.10. The zero-order valence-electron chi connectivity index (χ0n) is 13.1. The zero-order valence-corrected chi connectivity index (χ0v) is 13.1. The van der Waals surface area contributed by atoms with Gasteiger partial charge in [-0.25, -0.2) is 0 Å². The number of quaternary nitrogens is 1. The minimum Gasteiger partial charge on any atom is -0.491 e. The summed E-state index contributed by atoms with van der Waals surface area (Å²) >= 11 is 0. The molecule has 1 aromatic rings. The Kier molecular flexibility index (Phi) is 4.71. The standard InChI is InChI=1S/C16H23NO5/c1-11-6-17(7-12(2)22-11)8-13(18)9-19-14-3-4-15-16(5-14)21-10-20-15/h3-5,11-13,18H,6-10H2,1-2H3/p+1/t11-,12+,13-/m0/s1. The molecule has 0 radical (unpaired) electrons. The lowest BCUT2D eigenvalue weighted by atomic mass is 10.2. The summed E-state index contributed by atoms with van der Waals surface area (Å²) in [6, 6.07) is 5.44. The van der Waals surface area contributed by atoms with Gasteiger partial charge >= 0.3 is 0 Å². The Morgan fingerprint density at radius 3 is 2.73 bits per heavy atom. The van der Waals surface area contributed by atoms with Crippen molar-refractivity contribution in [1.82, 2.24) is 0 Å². The van der Waals surface area contributed by atoms with Gasteiger partial charge < -0.3 is 29.0 Å². The van der Waals surface area contributed by atoms with Gasteiger partial charge in [-0.15, -0.1) is 0 Å². The Morgan fingerprint density at radius 1 is 1.23 bits per heavy atom. The summed E-state index contributed by atoms with van der Waals surface area (Å²) in [6.45, 7) is 7.18. The minimum atomic E-state index is -0.502. The van der Waals surface area contributed by atoms with Crippen molar-refractivity contribution in [1.29, 1.82) is 0 Å². The first-order valence-corrected chi connectivity index (χ1v) is 7.79. The first kappa shape index (κ1) is 15.4. The SMILES string of the molecule is C[C@@H]1C[NH+](C[C@H](O)COc2ccc3c(c2)OCO3)C[C@H](C)O1. The number of rotatable bonds is 5. The maximum atomic E-state index is 10.2. The molecule has 4 atom stereocenters. The van der Waals surface area contributed by atoms with Crippen LogP contribution in [-0.4, -0.2) is 56.5 Å². The summed E-state index contributed by atoms with van der Waals surface area (Å²) in [6.07, 6.45) is -0.0284. The minimum absolute atomic E-state index is 0.237. The average molecular weight is 310 g/mol. The second kappa shape index (κ2) is 6.73. The normalized spacial score (nSPS) is 28.4. The molecule has 1 aromatic carbocycles. The molecular formula is C16H24NO5+. The lowest BCUT2D eigenvalue weighted by molar-refractivity contribution is -0.918. The first-order chi connectivity index (χ1) is 10.6. The molecule has 6 nitrogen and oxygen atoms in total. The van der Waals surface area contributed by atoms with Crippen LogP contribution in [0.2, 0.25) is 0 Å². The van der Waals surface area contributed by atoms with Crippen LogP contribution >= 0.6 is 0 Å². The molecule has 122 valence electrons. The van der Waals surface area contributed by atoms with E-state index in [1.54, 1.807) is 6.07 Å². The number of hydrogen-bond donors (Lipinski definition) is 2. The maximum Gasteiger partial charge on any atom is 0.231 e. The molecule has 0 aliphatic carbocycles. The molecule has 0 bridgehead atoms. The van der Waals surface area contributed by atoms with Crippen molar-refractivity contribution in [3.63, 3.8) is 0 Å². The highest BCUT2D eigenvalue weighted by Crippen LogP contribution is 2.35. The highest BCUT2D eigenvalue weighted by molar-refractivity contribution is 5.46. The average Bonchev–Trinajstić information content (AvgIpc) is 2.91. The van der Waals surface area contributed by atoms with Gasteiger partial charge in [0, 0.05) is 6.07 Å². The molecule has 6 heteroatoms. The van der Waals surface area contributed by atoms with E-state index in [-0.39, 0.29) is 25.6 Å². The summed E-state index contributed by atoms with van der Waals surface area (Å²) < 4.78 is 21.9. The van der Waals surface area contributed by atoms with Crippen LogP contribution in [0.3, 0.4) is 0 Å². The lowest BCUT2D eigenvalue weighted by Crippen LogP contribution is -3.16. The largest absolute Gasteiger partial charge is 0.491 e. The molecule has 1 unspecified atom stereocenters. The van der Waals surface area contributed by atoms with Crippen molar-refractivity contribution < 1.29 is 29.0 Å². The third-order valence-corrected chi connectivity index (χ3v) is 3.93. The Hall–Kier alpha value is -1.50. The molecule has 22 heavy (non-hydrogen) atoms. The van der Waals surface area contributed by atoms with Gasteiger partial charge in [-0.05, 0) is 26.0 Å². The molecule has 0 saturated carbocycles. The molecule has 1 fully saturated rings. The predicted molar refractivity (Wildman–Crippen MR) is 79.6 cm³/mol. The molecule has 0 spiro atoms. The smallest absolute Gasteiger partial charge is 0.231 e. The highest BCUT2D eigenvalue weighted by atomic mass is 16.7.